The van der Waals surface area contributed by atoms with Gasteiger partial charge >= 0.3 is 5.97 Å². The zero-order valence-electron chi connectivity index (χ0n) is 15.8. The SMILES string of the molecule is CCCCCCCCCCCC(Cc1cc(O)cc(O)c1)OC(C)=O. The summed E-state index contributed by atoms with van der Waals surface area (Å²) in [5.41, 5.74) is 0.777. The molecular formula is C21H34O4. The third kappa shape index (κ3) is 10.7. The van der Waals surface area contributed by atoms with Gasteiger partial charge in [0.05, 0.1) is 0 Å². The first kappa shape index (κ1) is 21.3. The molecule has 4 heteroatoms. The number of hydrogen-bond acceptors (Lipinski definition) is 4. The van der Waals surface area contributed by atoms with Gasteiger partial charge in [0, 0.05) is 19.4 Å². The first-order valence-corrected chi connectivity index (χ1v) is 9.70. The number of carbonyl (C=O) groups is 1. The van der Waals surface area contributed by atoms with Crippen molar-refractivity contribution in [3.63, 3.8) is 0 Å². The van der Waals surface area contributed by atoms with Crippen LogP contribution in [0.2, 0.25) is 0 Å². The fourth-order valence-corrected chi connectivity index (χ4v) is 3.16. The minimum atomic E-state index is -0.287. The van der Waals surface area contributed by atoms with Gasteiger partial charge in [-0.25, -0.2) is 0 Å². The van der Waals surface area contributed by atoms with Crippen LogP contribution in [0.15, 0.2) is 18.2 Å². The number of phenols is 2. The number of esters is 1. The highest BCUT2D eigenvalue weighted by atomic mass is 16.5. The van der Waals surface area contributed by atoms with Crippen LogP contribution in [0, 0.1) is 0 Å². The number of aromatic hydroxyl groups is 2. The van der Waals surface area contributed by atoms with Gasteiger partial charge in [-0.05, 0) is 30.5 Å². The average Bonchev–Trinajstić information content (AvgIpc) is 2.51. The van der Waals surface area contributed by atoms with Gasteiger partial charge in [-0.3, -0.25) is 4.79 Å². The molecule has 0 saturated carbocycles. The molecule has 0 radical (unpaired) electrons. The van der Waals surface area contributed by atoms with Gasteiger partial charge in [-0.2, -0.15) is 0 Å². The number of phenolic OH excluding ortho intramolecular Hbond substituents is 2. The molecule has 0 spiro atoms. The van der Waals surface area contributed by atoms with Crippen LogP contribution in [0.3, 0.4) is 0 Å². The Bertz CT molecular complexity index is 478. The fraction of sp³-hybridized carbons (Fsp3) is 0.667. The summed E-state index contributed by atoms with van der Waals surface area (Å²) in [4.78, 5) is 11.3. The zero-order chi connectivity index (χ0) is 18.5. The summed E-state index contributed by atoms with van der Waals surface area (Å²) in [6.45, 7) is 3.65. The van der Waals surface area contributed by atoms with E-state index in [-0.39, 0.29) is 23.6 Å². The summed E-state index contributed by atoms with van der Waals surface area (Å²) in [7, 11) is 0. The van der Waals surface area contributed by atoms with E-state index in [9.17, 15) is 15.0 Å². The highest BCUT2D eigenvalue weighted by Gasteiger charge is 2.14. The second kappa shape index (κ2) is 12.6. The predicted octanol–water partition coefficient (Wildman–Crippen LogP) is 5.49. The smallest absolute Gasteiger partial charge is 0.302 e. The van der Waals surface area contributed by atoms with Crippen LogP contribution >= 0.6 is 0 Å². The molecule has 0 bridgehead atoms. The van der Waals surface area contributed by atoms with Crippen molar-refractivity contribution in [2.75, 3.05) is 0 Å². The van der Waals surface area contributed by atoms with Crippen molar-refractivity contribution >= 4 is 5.97 Å². The van der Waals surface area contributed by atoms with Crippen molar-refractivity contribution in [3.8, 4) is 11.5 Å². The Kier molecular flexibility index (Phi) is 10.8. The van der Waals surface area contributed by atoms with Crippen LogP contribution in [-0.4, -0.2) is 22.3 Å². The summed E-state index contributed by atoms with van der Waals surface area (Å²) >= 11 is 0. The summed E-state index contributed by atoms with van der Waals surface area (Å²) < 4.78 is 5.40. The van der Waals surface area contributed by atoms with Crippen molar-refractivity contribution in [1.82, 2.24) is 0 Å². The quantitative estimate of drug-likeness (QED) is 0.364. The number of rotatable bonds is 13. The third-order valence-corrected chi connectivity index (χ3v) is 4.39. The molecule has 25 heavy (non-hydrogen) atoms. The molecule has 1 aromatic rings. The number of hydrogen-bond donors (Lipinski definition) is 2. The number of unbranched alkanes of at least 4 members (excludes halogenated alkanes) is 8. The number of benzene rings is 1. The van der Waals surface area contributed by atoms with Crippen molar-refractivity contribution in [3.05, 3.63) is 23.8 Å². The lowest BCUT2D eigenvalue weighted by molar-refractivity contribution is -0.146. The third-order valence-electron chi connectivity index (χ3n) is 4.39. The van der Waals surface area contributed by atoms with Gasteiger partial charge in [0.15, 0.2) is 0 Å². The van der Waals surface area contributed by atoms with Crippen LogP contribution in [0.5, 0.6) is 11.5 Å². The summed E-state index contributed by atoms with van der Waals surface area (Å²) in [6.07, 6.45) is 12.4. The molecule has 1 atom stereocenters. The molecule has 0 fully saturated rings. The van der Waals surface area contributed by atoms with Gasteiger partial charge < -0.3 is 14.9 Å². The molecule has 0 aromatic heterocycles. The van der Waals surface area contributed by atoms with Crippen LogP contribution < -0.4 is 0 Å². The zero-order valence-corrected chi connectivity index (χ0v) is 15.8. The summed E-state index contributed by atoms with van der Waals surface area (Å²) in [5, 5.41) is 19.1. The molecule has 0 aliphatic heterocycles. The second-order valence-electron chi connectivity index (χ2n) is 6.91. The lowest BCUT2D eigenvalue weighted by atomic mass is 10.0. The largest absolute Gasteiger partial charge is 0.508 e. The van der Waals surface area contributed by atoms with Crippen LogP contribution in [0.4, 0.5) is 0 Å². The maximum atomic E-state index is 11.3. The lowest BCUT2D eigenvalue weighted by Crippen LogP contribution is -2.19. The Morgan fingerprint density at radius 2 is 1.44 bits per heavy atom. The first-order valence-electron chi connectivity index (χ1n) is 9.70. The molecule has 0 aliphatic carbocycles. The second-order valence-corrected chi connectivity index (χ2v) is 6.91. The van der Waals surface area contributed by atoms with E-state index >= 15 is 0 Å². The highest BCUT2D eigenvalue weighted by molar-refractivity contribution is 5.66. The Balaban J connectivity index is 2.30. The standard InChI is InChI=1S/C21H34O4/c1-3-4-5-6-7-8-9-10-11-12-21(25-17(2)22)15-18-13-19(23)16-20(24)14-18/h13-14,16,21,23-24H,3-12,15H2,1-2H3. The molecule has 1 unspecified atom stereocenters. The molecule has 1 rings (SSSR count). The molecule has 0 amide bonds. The van der Waals surface area contributed by atoms with E-state index < -0.39 is 0 Å². The van der Waals surface area contributed by atoms with Gasteiger partial charge in [-0.15, -0.1) is 0 Å². The van der Waals surface area contributed by atoms with E-state index in [1.165, 1.54) is 57.9 Å². The van der Waals surface area contributed by atoms with Crippen LogP contribution in [0.1, 0.15) is 83.6 Å². The minimum Gasteiger partial charge on any atom is -0.508 e. The molecular weight excluding hydrogens is 316 g/mol. The molecule has 0 saturated heterocycles. The molecule has 1 aromatic carbocycles. The maximum absolute atomic E-state index is 11.3. The van der Waals surface area contributed by atoms with Gasteiger partial charge in [0.1, 0.15) is 17.6 Å². The summed E-state index contributed by atoms with van der Waals surface area (Å²) in [5.74, 6) is -0.232. The van der Waals surface area contributed by atoms with Crippen molar-refractivity contribution in [2.45, 2.75) is 90.6 Å². The maximum Gasteiger partial charge on any atom is 0.302 e. The Labute approximate surface area is 152 Å². The Hall–Kier alpha value is -1.71. The predicted molar refractivity (Wildman–Crippen MR) is 101 cm³/mol. The fourth-order valence-electron chi connectivity index (χ4n) is 3.16. The van der Waals surface area contributed by atoms with E-state index in [1.807, 2.05) is 0 Å². The lowest BCUT2D eigenvalue weighted by Gasteiger charge is -2.17. The van der Waals surface area contributed by atoms with Crippen LogP contribution in [0.25, 0.3) is 0 Å². The summed E-state index contributed by atoms with van der Waals surface area (Å²) in [6, 6.07) is 4.50. The monoisotopic (exact) mass is 350 g/mol. The van der Waals surface area contributed by atoms with E-state index in [0.717, 1.165) is 24.8 Å². The Morgan fingerprint density at radius 3 is 1.96 bits per heavy atom. The van der Waals surface area contributed by atoms with E-state index in [2.05, 4.69) is 6.92 Å². The van der Waals surface area contributed by atoms with Crippen molar-refractivity contribution in [2.24, 2.45) is 0 Å². The molecule has 0 heterocycles. The average molecular weight is 350 g/mol. The van der Waals surface area contributed by atoms with Crippen molar-refractivity contribution in [1.29, 1.82) is 0 Å². The first-order chi connectivity index (χ1) is 12.0. The van der Waals surface area contributed by atoms with Crippen molar-refractivity contribution < 1.29 is 19.7 Å². The van der Waals surface area contributed by atoms with Crippen LogP contribution in [-0.2, 0) is 16.0 Å². The van der Waals surface area contributed by atoms with E-state index in [4.69, 9.17) is 4.74 Å². The van der Waals surface area contributed by atoms with Gasteiger partial charge in [0.25, 0.3) is 0 Å². The number of carbonyl (C=O) groups excluding carboxylic acids is 1. The van der Waals surface area contributed by atoms with E-state index in [1.54, 1.807) is 12.1 Å². The topological polar surface area (TPSA) is 66.8 Å². The molecule has 0 aliphatic rings. The Morgan fingerprint density at radius 1 is 0.920 bits per heavy atom. The van der Waals surface area contributed by atoms with E-state index in [0.29, 0.717) is 6.42 Å². The number of ether oxygens (including phenoxy) is 1. The molecule has 4 nitrogen and oxygen atoms in total. The highest BCUT2D eigenvalue weighted by Crippen LogP contribution is 2.23. The van der Waals surface area contributed by atoms with Gasteiger partial charge in [-0.1, -0.05) is 58.3 Å². The van der Waals surface area contributed by atoms with Gasteiger partial charge in [0.2, 0.25) is 0 Å². The normalized spacial score (nSPS) is 12.1. The minimum absolute atomic E-state index is 0.0275. The molecule has 2 N–H and O–H groups in total. The molecule has 142 valence electrons.